The fraction of sp³-hybridized carbons (Fsp3) is 0.130. The van der Waals surface area contributed by atoms with Gasteiger partial charge in [0, 0.05) is 17.8 Å². The number of rotatable bonds is 4. The van der Waals surface area contributed by atoms with E-state index in [1.165, 1.54) is 35.6 Å². The lowest BCUT2D eigenvalue weighted by atomic mass is 9.96. The van der Waals surface area contributed by atoms with Crippen LogP contribution in [0.2, 0.25) is 0 Å². The molecule has 0 saturated carbocycles. The third kappa shape index (κ3) is 3.27. The van der Waals surface area contributed by atoms with Crippen molar-refractivity contribution in [3.8, 4) is 11.5 Å². The number of aromatic nitrogens is 3. The predicted molar refractivity (Wildman–Crippen MR) is 129 cm³/mol. The number of hydrogen-bond acceptors (Lipinski definition) is 8. The minimum Gasteiger partial charge on any atom is -0.505 e. The van der Waals surface area contributed by atoms with Crippen LogP contribution < -0.4 is 9.64 Å². The van der Waals surface area contributed by atoms with Crippen molar-refractivity contribution in [1.29, 1.82) is 0 Å². The third-order valence-corrected chi connectivity index (χ3v) is 6.96. The Hall–Kier alpha value is -3.70. The molecule has 0 spiro atoms. The molecule has 0 aliphatic carbocycles. The van der Waals surface area contributed by atoms with Gasteiger partial charge in [0.05, 0.1) is 28.9 Å². The van der Waals surface area contributed by atoms with Crippen LogP contribution in [-0.4, -0.2) is 43.4 Å². The van der Waals surface area contributed by atoms with Crippen LogP contribution in [-0.2, 0) is 9.59 Å². The second-order valence-electron chi connectivity index (χ2n) is 7.51. The SMILES string of the molecule is COc1cc(C2C(=C(O)c3c(C)nc4ccccn34)C(=O)C(=O)N2c2nccs2)cc(Br)c1O. The van der Waals surface area contributed by atoms with Crippen LogP contribution in [0.5, 0.6) is 11.5 Å². The average molecular weight is 541 g/mol. The van der Waals surface area contributed by atoms with Crippen LogP contribution in [0.15, 0.2) is 58.2 Å². The second-order valence-corrected chi connectivity index (χ2v) is 9.24. The summed E-state index contributed by atoms with van der Waals surface area (Å²) in [6.45, 7) is 1.72. The van der Waals surface area contributed by atoms with Crippen molar-refractivity contribution in [3.63, 3.8) is 0 Å². The molecular weight excluding hydrogens is 524 g/mol. The molecule has 1 atom stereocenters. The molecule has 0 bridgehead atoms. The Balaban J connectivity index is 1.82. The number of phenolic OH excluding ortho intramolecular Hbond substituents is 1. The number of halogens is 1. The van der Waals surface area contributed by atoms with Crippen LogP contribution in [0.1, 0.15) is 23.0 Å². The summed E-state index contributed by atoms with van der Waals surface area (Å²) in [7, 11) is 1.39. The van der Waals surface area contributed by atoms with Gasteiger partial charge in [-0.05, 0) is 52.7 Å². The summed E-state index contributed by atoms with van der Waals surface area (Å²) in [6, 6.07) is 7.43. The number of anilines is 1. The van der Waals surface area contributed by atoms with Gasteiger partial charge < -0.3 is 14.9 Å². The molecule has 34 heavy (non-hydrogen) atoms. The molecule has 1 aromatic carbocycles. The van der Waals surface area contributed by atoms with Gasteiger partial charge in [-0.2, -0.15) is 0 Å². The Morgan fingerprint density at radius 3 is 2.76 bits per heavy atom. The number of pyridine rings is 1. The number of methoxy groups -OCH3 is 1. The van der Waals surface area contributed by atoms with Gasteiger partial charge in [-0.1, -0.05) is 6.07 Å². The van der Waals surface area contributed by atoms with E-state index in [4.69, 9.17) is 4.74 Å². The fourth-order valence-corrected chi connectivity index (χ4v) is 5.24. The van der Waals surface area contributed by atoms with Crippen LogP contribution in [0, 0.1) is 6.92 Å². The number of aryl methyl sites for hydroxylation is 1. The van der Waals surface area contributed by atoms with Crippen LogP contribution in [0.3, 0.4) is 0 Å². The molecule has 1 aliphatic rings. The van der Waals surface area contributed by atoms with Crippen molar-refractivity contribution in [1.82, 2.24) is 14.4 Å². The van der Waals surface area contributed by atoms with Crippen LogP contribution in [0.4, 0.5) is 5.13 Å². The number of hydrogen-bond donors (Lipinski definition) is 2. The molecule has 11 heteroatoms. The standard InChI is InChI=1S/C23H17BrN4O5S/c1-11-17(27-7-4-3-5-15(27)26-11)20(30)16-18(12-9-13(24)19(29)14(10-12)33-2)28(22(32)21(16)31)23-25-6-8-34-23/h3-10,18,29-30H,1-2H3. The summed E-state index contributed by atoms with van der Waals surface area (Å²) in [5.41, 5.74) is 1.70. The average Bonchev–Trinajstić information content (AvgIpc) is 3.52. The molecule has 1 unspecified atom stereocenters. The highest BCUT2D eigenvalue weighted by Gasteiger charge is 2.48. The van der Waals surface area contributed by atoms with Crippen molar-refractivity contribution < 1.29 is 24.5 Å². The van der Waals surface area contributed by atoms with E-state index in [2.05, 4.69) is 25.9 Å². The van der Waals surface area contributed by atoms with Crippen molar-refractivity contribution in [2.45, 2.75) is 13.0 Å². The number of aromatic hydroxyl groups is 1. The number of thiazole rings is 1. The quantitative estimate of drug-likeness (QED) is 0.226. The summed E-state index contributed by atoms with van der Waals surface area (Å²) in [5.74, 6) is -2.03. The minimum absolute atomic E-state index is 0.117. The Morgan fingerprint density at radius 2 is 2.06 bits per heavy atom. The molecule has 1 fully saturated rings. The van der Waals surface area contributed by atoms with Crippen LogP contribution >= 0.6 is 27.3 Å². The number of ketones is 1. The van der Waals surface area contributed by atoms with E-state index in [-0.39, 0.29) is 22.8 Å². The topological polar surface area (TPSA) is 117 Å². The maximum absolute atomic E-state index is 13.3. The Morgan fingerprint density at radius 1 is 1.26 bits per heavy atom. The summed E-state index contributed by atoms with van der Waals surface area (Å²) < 4.78 is 7.24. The highest BCUT2D eigenvalue weighted by Crippen LogP contribution is 2.46. The predicted octanol–water partition coefficient (Wildman–Crippen LogP) is 4.20. The second kappa shape index (κ2) is 8.26. The van der Waals surface area contributed by atoms with Gasteiger partial charge in [0.2, 0.25) is 0 Å². The molecule has 1 amide bonds. The van der Waals surface area contributed by atoms with Gasteiger partial charge in [0.1, 0.15) is 11.3 Å². The molecule has 1 saturated heterocycles. The van der Waals surface area contributed by atoms with Gasteiger partial charge in [-0.3, -0.25) is 18.9 Å². The Kier molecular flexibility index (Phi) is 5.37. The summed E-state index contributed by atoms with van der Waals surface area (Å²) >= 11 is 4.49. The number of benzene rings is 1. The third-order valence-electron chi connectivity index (χ3n) is 5.58. The van der Waals surface area contributed by atoms with Gasteiger partial charge in [0.25, 0.3) is 5.78 Å². The maximum atomic E-state index is 13.3. The number of nitrogens with zero attached hydrogens (tertiary/aromatic N) is 4. The van der Waals surface area contributed by atoms with Gasteiger partial charge in [-0.15, -0.1) is 11.3 Å². The molecule has 0 radical (unpaired) electrons. The van der Waals surface area contributed by atoms with E-state index in [1.54, 1.807) is 41.1 Å². The highest BCUT2D eigenvalue weighted by atomic mass is 79.9. The number of imidazole rings is 1. The maximum Gasteiger partial charge on any atom is 0.301 e. The highest BCUT2D eigenvalue weighted by molar-refractivity contribution is 9.10. The molecule has 4 heterocycles. The number of phenols is 1. The monoisotopic (exact) mass is 540 g/mol. The number of carbonyl (C=O) groups excluding carboxylic acids is 2. The van der Waals surface area contributed by atoms with Crippen molar-refractivity contribution in [2.75, 3.05) is 12.0 Å². The zero-order valence-corrected chi connectivity index (χ0v) is 20.3. The first kappa shape index (κ1) is 22.1. The molecule has 4 aromatic rings. The van der Waals surface area contributed by atoms with E-state index < -0.39 is 17.7 Å². The fourth-order valence-electron chi connectivity index (χ4n) is 4.11. The number of aliphatic hydroxyl groups excluding tert-OH is 1. The Bertz CT molecular complexity index is 1490. The van der Waals surface area contributed by atoms with E-state index in [0.29, 0.717) is 32.2 Å². The van der Waals surface area contributed by atoms with Gasteiger partial charge in [-0.25, -0.2) is 9.97 Å². The first-order valence-corrected chi connectivity index (χ1v) is 11.7. The lowest BCUT2D eigenvalue weighted by Crippen LogP contribution is -2.29. The first-order chi connectivity index (χ1) is 16.3. The number of amides is 1. The molecule has 9 nitrogen and oxygen atoms in total. The van der Waals surface area contributed by atoms with Crippen molar-refractivity contribution in [3.05, 3.63) is 75.1 Å². The summed E-state index contributed by atoms with van der Waals surface area (Å²) in [4.78, 5) is 36.5. The largest absolute Gasteiger partial charge is 0.505 e. The van der Waals surface area contributed by atoms with Crippen molar-refractivity contribution >= 4 is 55.5 Å². The van der Waals surface area contributed by atoms with E-state index in [9.17, 15) is 19.8 Å². The number of ether oxygens (including phenoxy) is 1. The van der Waals surface area contributed by atoms with E-state index in [1.807, 2.05) is 6.07 Å². The molecule has 5 rings (SSSR count). The summed E-state index contributed by atoms with van der Waals surface area (Å²) in [6.07, 6.45) is 3.24. The number of aliphatic hydroxyl groups is 1. The lowest BCUT2D eigenvalue weighted by Gasteiger charge is -2.24. The van der Waals surface area contributed by atoms with E-state index >= 15 is 0 Å². The summed E-state index contributed by atoms with van der Waals surface area (Å²) in [5, 5.41) is 23.8. The number of Topliss-reactive ketones (excluding diaryl/α,β-unsaturated/α-hetero) is 1. The number of fused-ring (bicyclic) bond motifs is 1. The zero-order valence-electron chi connectivity index (χ0n) is 17.9. The smallest absolute Gasteiger partial charge is 0.301 e. The first-order valence-electron chi connectivity index (χ1n) is 10.0. The minimum atomic E-state index is -1.02. The molecule has 2 N–H and O–H groups in total. The molecule has 3 aromatic heterocycles. The van der Waals surface area contributed by atoms with Crippen molar-refractivity contribution in [2.24, 2.45) is 0 Å². The van der Waals surface area contributed by atoms with E-state index in [0.717, 1.165) is 0 Å². The van der Waals surface area contributed by atoms with Gasteiger partial charge in [0.15, 0.2) is 22.4 Å². The zero-order chi connectivity index (χ0) is 24.1. The molecular formula is C23H17BrN4O5S. The normalized spacial score (nSPS) is 17.6. The number of carbonyl (C=O) groups is 2. The molecule has 172 valence electrons. The Labute approximate surface area is 205 Å². The van der Waals surface area contributed by atoms with Crippen LogP contribution in [0.25, 0.3) is 11.4 Å². The molecule has 1 aliphatic heterocycles. The van der Waals surface area contributed by atoms with Gasteiger partial charge >= 0.3 is 5.91 Å². The lowest BCUT2D eigenvalue weighted by molar-refractivity contribution is -0.132.